The van der Waals surface area contributed by atoms with E-state index >= 15 is 0 Å². The van der Waals surface area contributed by atoms with Gasteiger partial charge in [-0.3, -0.25) is 10.1 Å². The van der Waals surface area contributed by atoms with Gasteiger partial charge in [0.05, 0.1) is 23.2 Å². The fraction of sp³-hybridized carbons (Fsp3) is 0.462. The molecule has 0 saturated carbocycles. The Hall–Kier alpha value is -2.20. The van der Waals surface area contributed by atoms with Crippen LogP contribution in [0.2, 0.25) is 0 Å². The smallest absolute Gasteiger partial charge is 0.313 e. The summed E-state index contributed by atoms with van der Waals surface area (Å²) in [4.78, 5) is 10.1. The second-order valence-corrected chi connectivity index (χ2v) is 4.70. The van der Waals surface area contributed by atoms with Crippen LogP contribution in [0.5, 0.6) is 5.75 Å². The first-order valence-electron chi connectivity index (χ1n) is 6.02. The van der Waals surface area contributed by atoms with Gasteiger partial charge in [0.2, 0.25) is 0 Å². The highest BCUT2D eigenvalue weighted by atomic mass is 19.1. The van der Waals surface area contributed by atoms with Crippen molar-refractivity contribution in [3.8, 4) is 11.8 Å². The fourth-order valence-electron chi connectivity index (χ4n) is 1.77. The summed E-state index contributed by atoms with van der Waals surface area (Å²) in [6, 6.07) is 5.22. The maximum Gasteiger partial charge on any atom is 0.313 e. The minimum absolute atomic E-state index is 0.0136. The highest BCUT2D eigenvalue weighted by molar-refractivity contribution is 5.46. The van der Waals surface area contributed by atoms with E-state index in [0.717, 1.165) is 12.1 Å². The summed E-state index contributed by atoms with van der Waals surface area (Å²) in [6.07, 6.45) is -0.120. The van der Waals surface area contributed by atoms with E-state index in [1.807, 2.05) is 0 Å². The topological polar surface area (TPSA) is 88.2 Å². The van der Waals surface area contributed by atoms with Crippen molar-refractivity contribution in [3.63, 3.8) is 0 Å². The number of nitro groups is 1. The average Bonchev–Trinajstić information content (AvgIpc) is 2.40. The molecule has 1 aromatic rings. The van der Waals surface area contributed by atoms with E-state index in [2.05, 4.69) is 11.4 Å². The third-order valence-corrected chi connectivity index (χ3v) is 2.94. The Labute approximate surface area is 116 Å². The summed E-state index contributed by atoms with van der Waals surface area (Å²) in [6.45, 7) is 3.39. The molecular weight excluding hydrogens is 265 g/mol. The van der Waals surface area contributed by atoms with Gasteiger partial charge in [-0.15, -0.1) is 0 Å². The quantitative estimate of drug-likeness (QED) is 0.639. The number of rotatable bonds is 6. The van der Waals surface area contributed by atoms with Gasteiger partial charge in [-0.25, -0.2) is 4.39 Å². The predicted octanol–water partition coefficient (Wildman–Crippen LogP) is 2.39. The Morgan fingerprint density at radius 2 is 2.30 bits per heavy atom. The second kappa shape index (κ2) is 6.30. The third kappa shape index (κ3) is 3.90. The van der Waals surface area contributed by atoms with Crippen molar-refractivity contribution in [2.45, 2.75) is 31.9 Å². The summed E-state index contributed by atoms with van der Waals surface area (Å²) in [5.41, 5.74) is -1.23. The molecule has 1 N–H and O–H groups in total. The average molecular weight is 281 g/mol. The number of ether oxygens (including phenoxy) is 1. The highest BCUT2D eigenvalue weighted by Crippen LogP contribution is 2.29. The molecule has 0 amide bonds. The van der Waals surface area contributed by atoms with Crippen molar-refractivity contribution in [2.24, 2.45) is 0 Å². The summed E-state index contributed by atoms with van der Waals surface area (Å²) < 4.78 is 18.5. The molecule has 1 rings (SSSR count). The van der Waals surface area contributed by atoms with Crippen LogP contribution in [0, 0.1) is 27.3 Å². The minimum atomic E-state index is -0.797. The number of nitrogens with one attached hydrogen (secondary N) is 1. The van der Waals surface area contributed by atoms with Gasteiger partial charge in [0, 0.05) is 6.42 Å². The van der Waals surface area contributed by atoms with Crippen LogP contribution >= 0.6 is 0 Å². The Morgan fingerprint density at radius 3 is 2.80 bits per heavy atom. The number of benzene rings is 1. The monoisotopic (exact) mass is 281 g/mol. The summed E-state index contributed by atoms with van der Waals surface area (Å²) in [7, 11) is 1.65. The first-order chi connectivity index (χ1) is 9.31. The van der Waals surface area contributed by atoms with Crippen LogP contribution < -0.4 is 10.1 Å². The minimum Gasteiger partial charge on any atom is -0.484 e. The van der Waals surface area contributed by atoms with Gasteiger partial charge in [-0.2, -0.15) is 5.26 Å². The Kier molecular flexibility index (Phi) is 5.00. The Bertz CT molecular complexity index is 544. The molecule has 7 heteroatoms. The van der Waals surface area contributed by atoms with Crippen LogP contribution in [0.25, 0.3) is 0 Å². The van der Waals surface area contributed by atoms with Crippen molar-refractivity contribution < 1.29 is 14.1 Å². The van der Waals surface area contributed by atoms with E-state index < -0.39 is 28.1 Å². The predicted molar refractivity (Wildman–Crippen MR) is 70.8 cm³/mol. The van der Waals surface area contributed by atoms with Gasteiger partial charge >= 0.3 is 5.69 Å². The number of nitriles is 1. The molecule has 2 atom stereocenters. The number of nitro benzene ring substituents is 1. The van der Waals surface area contributed by atoms with Gasteiger partial charge in [0.1, 0.15) is 11.4 Å². The molecular formula is C13H16FN3O3. The van der Waals surface area contributed by atoms with Crippen molar-refractivity contribution in [3.05, 3.63) is 34.1 Å². The fourth-order valence-corrected chi connectivity index (χ4v) is 1.77. The van der Waals surface area contributed by atoms with Crippen molar-refractivity contribution >= 4 is 5.69 Å². The van der Waals surface area contributed by atoms with Crippen molar-refractivity contribution in [2.75, 3.05) is 7.05 Å². The molecule has 0 saturated heterocycles. The SMILES string of the molecule is CNC(C)(C#N)CC(C)Oc1ccc(F)cc1[N+](=O)[O-]. The van der Waals surface area contributed by atoms with Gasteiger partial charge in [-0.1, -0.05) is 0 Å². The molecule has 20 heavy (non-hydrogen) atoms. The Balaban J connectivity index is 2.89. The lowest BCUT2D eigenvalue weighted by atomic mass is 9.97. The number of nitrogens with zero attached hydrogens (tertiary/aromatic N) is 2. The van der Waals surface area contributed by atoms with Crippen molar-refractivity contribution in [1.29, 1.82) is 5.26 Å². The molecule has 0 aliphatic heterocycles. The molecule has 0 fully saturated rings. The maximum atomic E-state index is 13.0. The summed E-state index contributed by atoms with van der Waals surface area (Å²) >= 11 is 0. The molecule has 2 unspecified atom stereocenters. The van der Waals surface area contributed by atoms with E-state index in [4.69, 9.17) is 10.00 Å². The Morgan fingerprint density at radius 1 is 1.65 bits per heavy atom. The van der Waals surface area contributed by atoms with Gasteiger partial charge in [-0.05, 0) is 33.0 Å². The first kappa shape index (κ1) is 15.9. The zero-order chi connectivity index (χ0) is 15.3. The van der Waals surface area contributed by atoms with Gasteiger partial charge < -0.3 is 10.1 Å². The van der Waals surface area contributed by atoms with Gasteiger partial charge in [0.15, 0.2) is 5.75 Å². The van der Waals surface area contributed by atoms with E-state index in [1.165, 1.54) is 6.07 Å². The molecule has 0 spiro atoms. The molecule has 0 aromatic heterocycles. The van der Waals surface area contributed by atoms with Gasteiger partial charge in [0.25, 0.3) is 0 Å². The lowest BCUT2D eigenvalue weighted by Gasteiger charge is -2.25. The molecule has 6 nitrogen and oxygen atoms in total. The van der Waals surface area contributed by atoms with E-state index in [-0.39, 0.29) is 5.75 Å². The second-order valence-electron chi connectivity index (χ2n) is 4.70. The zero-order valence-electron chi connectivity index (χ0n) is 11.5. The van der Waals surface area contributed by atoms with Crippen LogP contribution in [0.4, 0.5) is 10.1 Å². The number of hydrogen-bond donors (Lipinski definition) is 1. The maximum absolute atomic E-state index is 13.0. The lowest BCUT2D eigenvalue weighted by molar-refractivity contribution is -0.386. The molecule has 0 heterocycles. The van der Waals surface area contributed by atoms with Crippen LogP contribution in [0.3, 0.4) is 0 Å². The van der Waals surface area contributed by atoms with Crippen LogP contribution in [0.1, 0.15) is 20.3 Å². The lowest BCUT2D eigenvalue weighted by Crippen LogP contribution is -2.41. The number of hydrogen-bond acceptors (Lipinski definition) is 5. The highest BCUT2D eigenvalue weighted by Gasteiger charge is 2.26. The molecule has 108 valence electrons. The standard InChI is InChI=1S/C13H16FN3O3/c1-9(7-13(2,8-15)16-3)20-12-5-4-10(14)6-11(12)17(18)19/h4-6,9,16H,7H2,1-3H3. The molecule has 1 aromatic carbocycles. The van der Waals surface area contributed by atoms with E-state index in [9.17, 15) is 14.5 Å². The zero-order valence-corrected chi connectivity index (χ0v) is 11.5. The van der Waals surface area contributed by atoms with E-state index in [1.54, 1.807) is 20.9 Å². The van der Waals surface area contributed by atoms with Crippen LogP contribution in [-0.4, -0.2) is 23.6 Å². The van der Waals surface area contributed by atoms with Crippen molar-refractivity contribution in [1.82, 2.24) is 5.32 Å². The molecule has 0 aliphatic carbocycles. The van der Waals surface area contributed by atoms with Crippen LogP contribution in [-0.2, 0) is 0 Å². The number of halogens is 1. The molecule has 0 radical (unpaired) electrons. The normalized spacial score (nSPS) is 14.9. The molecule has 0 bridgehead atoms. The van der Waals surface area contributed by atoms with E-state index in [0.29, 0.717) is 6.42 Å². The van der Waals surface area contributed by atoms with Crippen LogP contribution in [0.15, 0.2) is 18.2 Å². The first-order valence-corrected chi connectivity index (χ1v) is 6.02. The largest absolute Gasteiger partial charge is 0.484 e. The molecule has 0 aliphatic rings. The summed E-state index contributed by atoms with van der Waals surface area (Å²) in [5.74, 6) is -0.714. The summed E-state index contributed by atoms with van der Waals surface area (Å²) in [5, 5.41) is 22.8. The third-order valence-electron chi connectivity index (χ3n) is 2.94.